The van der Waals surface area contributed by atoms with E-state index in [1.54, 1.807) is 21.6 Å². The number of likely N-dealkylation sites (tertiary alicyclic amines) is 1. The third-order valence-corrected chi connectivity index (χ3v) is 5.63. The molecule has 1 amide bonds. The van der Waals surface area contributed by atoms with Crippen molar-refractivity contribution in [3.8, 4) is 17.1 Å². The zero-order valence-corrected chi connectivity index (χ0v) is 15.0. The number of ether oxygens (including phenoxy) is 1. The van der Waals surface area contributed by atoms with Gasteiger partial charge in [-0.3, -0.25) is 9.48 Å². The van der Waals surface area contributed by atoms with Crippen molar-refractivity contribution >= 4 is 11.4 Å². The van der Waals surface area contributed by atoms with Crippen molar-refractivity contribution < 1.29 is 9.53 Å². The van der Waals surface area contributed by atoms with E-state index in [9.17, 15) is 4.79 Å². The second-order valence-corrected chi connectivity index (χ2v) is 7.24. The van der Waals surface area contributed by atoms with Gasteiger partial charge in [0.2, 0.25) is 11.8 Å². The summed E-state index contributed by atoms with van der Waals surface area (Å²) in [5.41, 5.74) is 2.53. The molecule has 5 rings (SSSR count). The lowest BCUT2D eigenvalue weighted by Crippen LogP contribution is -2.30. The number of nitrogens with zero attached hydrogens (tertiary/aromatic N) is 6. The van der Waals surface area contributed by atoms with E-state index in [1.807, 2.05) is 30.4 Å². The highest BCUT2D eigenvalue weighted by Crippen LogP contribution is 2.51. The van der Waals surface area contributed by atoms with Crippen LogP contribution >= 0.6 is 0 Å². The zero-order chi connectivity index (χ0) is 18.5. The minimum absolute atomic E-state index is 0.0219. The number of amides is 1. The molecule has 1 saturated carbocycles. The van der Waals surface area contributed by atoms with Gasteiger partial charge in [-0.15, -0.1) is 0 Å². The van der Waals surface area contributed by atoms with Gasteiger partial charge in [0.15, 0.2) is 0 Å². The maximum absolute atomic E-state index is 11.7. The van der Waals surface area contributed by atoms with Crippen molar-refractivity contribution in [3.05, 3.63) is 43.5 Å². The Morgan fingerprint density at radius 1 is 1.33 bits per heavy atom. The Hall–Kier alpha value is -3.16. The monoisotopic (exact) mass is 364 g/mol. The normalized spacial score (nSPS) is 23.4. The summed E-state index contributed by atoms with van der Waals surface area (Å²) in [6, 6.07) is 1.90. The van der Waals surface area contributed by atoms with Crippen LogP contribution in [0.4, 0.5) is 0 Å². The van der Waals surface area contributed by atoms with Gasteiger partial charge >= 0.3 is 0 Å². The van der Waals surface area contributed by atoms with Gasteiger partial charge in [0.25, 0.3) is 0 Å². The summed E-state index contributed by atoms with van der Waals surface area (Å²) in [6.45, 7) is 5.77. The molecule has 8 nitrogen and oxygen atoms in total. The van der Waals surface area contributed by atoms with Gasteiger partial charge in [0.1, 0.15) is 5.52 Å². The van der Waals surface area contributed by atoms with Crippen molar-refractivity contribution in [2.45, 2.75) is 0 Å². The molecular formula is C19H20N6O2. The van der Waals surface area contributed by atoms with Crippen LogP contribution in [0.1, 0.15) is 0 Å². The lowest BCUT2D eigenvalue weighted by Gasteiger charge is -2.18. The van der Waals surface area contributed by atoms with Gasteiger partial charge in [0, 0.05) is 37.8 Å². The van der Waals surface area contributed by atoms with E-state index in [0.29, 0.717) is 30.2 Å². The second kappa shape index (κ2) is 5.94. The highest BCUT2D eigenvalue weighted by molar-refractivity contribution is 5.87. The van der Waals surface area contributed by atoms with Gasteiger partial charge in [-0.1, -0.05) is 6.58 Å². The van der Waals surface area contributed by atoms with Crippen LogP contribution < -0.4 is 4.74 Å². The van der Waals surface area contributed by atoms with Crippen LogP contribution in [-0.2, 0) is 11.8 Å². The molecule has 0 spiro atoms. The van der Waals surface area contributed by atoms with Gasteiger partial charge in [-0.2, -0.15) is 10.2 Å². The largest absolute Gasteiger partial charge is 0.476 e. The summed E-state index contributed by atoms with van der Waals surface area (Å²) < 4.78 is 9.63. The Morgan fingerprint density at radius 2 is 2.15 bits per heavy atom. The van der Waals surface area contributed by atoms with Gasteiger partial charge in [-0.25, -0.2) is 9.50 Å². The molecule has 8 heteroatoms. The average Bonchev–Trinajstić information content (AvgIpc) is 3.16. The minimum atomic E-state index is 0.0219. The molecule has 3 aromatic rings. The third kappa shape index (κ3) is 2.68. The van der Waals surface area contributed by atoms with E-state index in [4.69, 9.17) is 9.72 Å². The number of hydrogen-bond donors (Lipinski definition) is 0. The summed E-state index contributed by atoms with van der Waals surface area (Å²) in [5.74, 6) is 2.13. The number of aryl methyl sites for hydroxylation is 1. The van der Waals surface area contributed by atoms with E-state index in [1.165, 1.54) is 6.08 Å². The number of carbonyl (C=O) groups excluding carboxylic acids is 1. The van der Waals surface area contributed by atoms with Crippen molar-refractivity contribution in [1.82, 2.24) is 29.3 Å². The van der Waals surface area contributed by atoms with Gasteiger partial charge in [-0.05, 0) is 24.0 Å². The molecule has 0 N–H and O–H groups in total. The smallest absolute Gasteiger partial charge is 0.245 e. The second-order valence-electron chi connectivity index (χ2n) is 7.24. The molecule has 0 bridgehead atoms. The van der Waals surface area contributed by atoms with Crippen molar-refractivity contribution in [1.29, 1.82) is 0 Å². The molecule has 27 heavy (non-hydrogen) atoms. The van der Waals surface area contributed by atoms with E-state index in [2.05, 4.69) is 16.8 Å². The third-order valence-electron chi connectivity index (χ3n) is 5.63. The van der Waals surface area contributed by atoms with Crippen LogP contribution in [0.3, 0.4) is 0 Å². The molecule has 0 aromatic carbocycles. The Kier molecular flexibility index (Phi) is 3.53. The summed E-state index contributed by atoms with van der Waals surface area (Å²) in [7, 11) is 1.87. The first-order chi connectivity index (χ1) is 13.1. The molecular weight excluding hydrogens is 344 g/mol. The number of hydrogen-bond acceptors (Lipinski definition) is 5. The quantitative estimate of drug-likeness (QED) is 0.640. The van der Waals surface area contributed by atoms with Crippen molar-refractivity contribution in [3.63, 3.8) is 0 Å². The standard InChI is InChI=1S/C19H20N6O2/c1-3-18(26)24-8-13-14(9-24)15(13)11-27-19-17-4-5-20-25(17)10-16(22-19)12-6-21-23(2)7-12/h3-7,10,13-15H,1,8-9,11H2,2H3/t13-,14+,15-. The summed E-state index contributed by atoms with van der Waals surface area (Å²) in [4.78, 5) is 18.3. The summed E-state index contributed by atoms with van der Waals surface area (Å²) in [6.07, 6.45) is 8.70. The van der Waals surface area contributed by atoms with Gasteiger partial charge in [0.05, 0.1) is 30.9 Å². The molecule has 138 valence electrons. The predicted molar refractivity (Wildman–Crippen MR) is 97.9 cm³/mol. The Balaban J connectivity index is 1.32. The van der Waals surface area contributed by atoms with Crippen LogP contribution in [0.15, 0.2) is 43.5 Å². The predicted octanol–water partition coefficient (Wildman–Crippen LogP) is 1.40. The lowest BCUT2D eigenvalue weighted by molar-refractivity contribution is -0.125. The maximum atomic E-state index is 11.7. The van der Waals surface area contributed by atoms with Crippen LogP contribution in [0.25, 0.3) is 16.8 Å². The first kappa shape index (κ1) is 16.0. The Bertz CT molecular complexity index is 1030. The molecule has 1 saturated heterocycles. The van der Waals surface area contributed by atoms with Crippen molar-refractivity contribution in [2.75, 3.05) is 19.7 Å². The number of carbonyl (C=O) groups is 1. The highest BCUT2D eigenvalue weighted by atomic mass is 16.5. The lowest BCUT2D eigenvalue weighted by atomic mass is 10.2. The number of rotatable bonds is 5. The SMILES string of the molecule is C=CC(=O)N1C[C@@H]2[C@H](COc3nc(-c4cnn(C)c4)cn4nccc34)[C@@H]2C1. The van der Waals surface area contributed by atoms with Crippen LogP contribution in [0.5, 0.6) is 5.88 Å². The van der Waals surface area contributed by atoms with Crippen LogP contribution in [0.2, 0.25) is 0 Å². The van der Waals surface area contributed by atoms with Crippen molar-refractivity contribution in [2.24, 2.45) is 24.8 Å². The fourth-order valence-electron chi connectivity index (χ4n) is 4.08. The van der Waals surface area contributed by atoms with E-state index >= 15 is 0 Å². The highest BCUT2D eigenvalue weighted by Gasteiger charge is 2.56. The molecule has 0 unspecified atom stereocenters. The molecule has 3 aromatic heterocycles. The Morgan fingerprint density at radius 3 is 2.85 bits per heavy atom. The van der Waals surface area contributed by atoms with E-state index in [0.717, 1.165) is 29.9 Å². The van der Waals surface area contributed by atoms with Gasteiger partial charge < -0.3 is 9.64 Å². The molecule has 4 heterocycles. The number of piperidine rings is 1. The first-order valence-corrected chi connectivity index (χ1v) is 9.01. The Labute approximate surface area is 156 Å². The molecule has 1 aliphatic carbocycles. The topological polar surface area (TPSA) is 77.6 Å². The maximum Gasteiger partial charge on any atom is 0.245 e. The fourth-order valence-corrected chi connectivity index (χ4v) is 4.08. The molecule has 1 aliphatic heterocycles. The molecule has 2 fully saturated rings. The van der Waals surface area contributed by atoms with E-state index in [-0.39, 0.29) is 5.91 Å². The zero-order valence-electron chi connectivity index (χ0n) is 15.0. The average molecular weight is 364 g/mol. The number of fused-ring (bicyclic) bond motifs is 2. The first-order valence-electron chi connectivity index (χ1n) is 9.01. The van der Waals surface area contributed by atoms with Crippen LogP contribution in [-0.4, -0.2) is 54.9 Å². The summed E-state index contributed by atoms with van der Waals surface area (Å²) in [5, 5.41) is 8.54. The number of aromatic nitrogens is 5. The molecule has 2 aliphatic rings. The molecule has 3 atom stereocenters. The summed E-state index contributed by atoms with van der Waals surface area (Å²) >= 11 is 0. The molecule has 0 radical (unpaired) electrons. The fraction of sp³-hybridized carbons (Fsp3) is 0.368. The van der Waals surface area contributed by atoms with Crippen LogP contribution in [0, 0.1) is 17.8 Å². The van der Waals surface area contributed by atoms with E-state index < -0.39 is 0 Å². The minimum Gasteiger partial charge on any atom is -0.476 e.